The van der Waals surface area contributed by atoms with Gasteiger partial charge in [-0.2, -0.15) is 4.98 Å². The first kappa shape index (κ1) is 15.9. The molecule has 1 amide bonds. The molecule has 0 saturated carbocycles. The lowest BCUT2D eigenvalue weighted by Crippen LogP contribution is -2.32. The number of aromatic nitrogens is 2. The predicted octanol–water partition coefficient (Wildman–Crippen LogP) is 3.29. The molecule has 2 aliphatic rings. The van der Waals surface area contributed by atoms with Crippen molar-refractivity contribution in [3.63, 3.8) is 0 Å². The van der Waals surface area contributed by atoms with E-state index in [2.05, 4.69) is 33.2 Å². The van der Waals surface area contributed by atoms with Crippen LogP contribution < -0.4 is 15.1 Å². The van der Waals surface area contributed by atoms with Crippen LogP contribution in [0.15, 0.2) is 30.5 Å². The smallest absolute Gasteiger partial charge is 0.227 e. The standard InChI is InChI=1S/C19H23N5O/c1-13-11-18(25)23(2)16-6-5-14(12-15(13)16)21-17-7-8-20-19(22-17)24-9-3-4-10-24/h5-8,12-13H,3-4,9-11H2,1-2H3,(H,20,21,22). The van der Waals surface area contributed by atoms with Crippen LogP contribution in [0, 0.1) is 0 Å². The summed E-state index contributed by atoms with van der Waals surface area (Å²) in [6.45, 7) is 4.16. The highest BCUT2D eigenvalue weighted by Gasteiger charge is 2.26. The first-order chi connectivity index (χ1) is 12.1. The number of benzene rings is 1. The van der Waals surface area contributed by atoms with Crippen LogP contribution >= 0.6 is 0 Å². The Morgan fingerprint density at radius 2 is 2.00 bits per heavy atom. The molecule has 4 rings (SSSR count). The van der Waals surface area contributed by atoms with Crippen molar-refractivity contribution in [3.05, 3.63) is 36.0 Å². The number of hydrogen-bond donors (Lipinski definition) is 1. The average molecular weight is 337 g/mol. The Bertz CT molecular complexity index is 800. The van der Waals surface area contributed by atoms with Crippen molar-refractivity contribution >= 4 is 29.0 Å². The molecule has 130 valence electrons. The second-order valence-electron chi connectivity index (χ2n) is 6.89. The van der Waals surface area contributed by atoms with E-state index in [1.807, 2.05) is 25.2 Å². The lowest BCUT2D eigenvalue weighted by Gasteiger charge is -2.30. The van der Waals surface area contributed by atoms with Gasteiger partial charge in [0.1, 0.15) is 5.82 Å². The Hall–Kier alpha value is -2.63. The Morgan fingerprint density at radius 1 is 1.20 bits per heavy atom. The maximum Gasteiger partial charge on any atom is 0.227 e. The maximum absolute atomic E-state index is 12.0. The molecule has 0 radical (unpaired) electrons. The summed E-state index contributed by atoms with van der Waals surface area (Å²) in [7, 11) is 1.84. The van der Waals surface area contributed by atoms with Gasteiger partial charge in [-0.25, -0.2) is 4.98 Å². The number of rotatable bonds is 3. The number of carbonyl (C=O) groups is 1. The number of anilines is 4. The van der Waals surface area contributed by atoms with E-state index in [1.54, 1.807) is 11.1 Å². The van der Waals surface area contributed by atoms with Gasteiger partial charge in [0.05, 0.1) is 0 Å². The number of nitrogens with one attached hydrogen (secondary N) is 1. The minimum absolute atomic E-state index is 0.173. The van der Waals surface area contributed by atoms with Crippen LogP contribution in [0.4, 0.5) is 23.1 Å². The number of fused-ring (bicyclic) bond motifs is 1. The first-order valence-corrected chi connectivity index (χ1v) is 8.87. The van der Waals surface area contributed by atoms with Crippen molar-refractivity contribution in [1.82, 2.24) is 9.97 Å². The van der Waals surface area contributed by atoms with Crippen LogP contribution in [0.2, 0.25) is 0 Å². The van der Waals surface area contributed by atoms with E-state index in [-0.39, 0.29) is 11.8 Å². The molecule has 1 fully saturated rings. The SMILES string of the molecule is CC1CC(=O)N(C)c2ccc(Nc3ccnc(N4CCCC4)n3)cc21. The molecular formula is C19H23N5O. The van der Waals surface area contributed by atoms with Crippen molar-refractivity contribution in [1.29, 1.82) is 0 Å². The first-order valence-electron chi connectivity index (χ1n) is 8.87. The third kappa shape index (κ3) is 3.04. The van der Waals surface area contributed by atoms with Crippen LogP contribution in [0.5, 0.6) is 0 Å². The highest BCUT2D eigenvalue weighted by molar-refractivity contribution is 5.97. The molecule has 6 heteroatoms. The van der Waals surface area contributed by atoms with Gasteiger partial charge >= 0.3 is 0 Å². The third-order valence-electron chi connectivity index (χ3n) is 5.08. The van der Waals surface area contributed by atoms with Crippen molar-refractivity contribution in [2.75, 3.05) is 35.3 Å². The molecule has 0 spiro atoms. The Labute approximate surface area is 147 Å². The average Bonchev–Trinajstić information content (AvgIpc) is 3.15. The van der Waals surface area contributed by atoms with Gasteiger partial charge in [-0.15, -0.1) is 0 Å². The fourth-order valence-corrected chi connectivity index (χ4v) is 3.61. The van der Waals surface area contributed by atoms with E-state index in [0.717, 1.165) is 36.2 Å². The Morgan fingerprint density at radius 3 is 2.80 bits per heavy atom. The van der Waals surface area contributed by atoms with Crippen LogP contribution in [0.1, 0.15) is 37.7 Å². The molecule has 1 aromatic carbocycles. The fourth-order valence-electron chi connectivity index (χ4n) is 3.61. The van der Waals surface area contributed by atoms with Crippen LogP contribution in [-0.4, -0.2) is 36.0 Å². The zero-order valence-corrected chi connectivity index (χ0v) is 14.7. The molecule has 1 unspecified atom stereocenters. The monoisotopic (exact) mass is 337 g/mol. The summed E-state index contributed by atoms with van der Waals surface area (Å²) in [6, 6.07) is 8.02. The summed E-state index contributed by atoms with van der Waals surface area (Å²) in [5.74, 6) is 1.99. The molecule has 1 aromatic heterocycles. The zero-order valence-electron chi connectivity index (χ0n) is 14.7. The minimum Gasteiger partial charge on any atom is -0.341 e. The van der Waals surface area contributed by atoms with E-state index in [4.69, 9.17) is 0 Å². The van der Waals surface area contributed by atoms with Crippen molar-refractivity contribution in [2.45, 2.75) is 32.1 Å². The largest absolute Gasteiger partial charge is 0.341 e. The number of carbonyl (C=O) groups excluding carboxylic acids is 1. The highest BCUT2D eigenvalue weighted by Crippen LogP contribution is 2.37. The van der Waals surface area contributed by atoms with Gasteiger partial charge in [0, 0.05) is 44.1 Å². The van der Waals surface area contributed by atoms with Crippen molar-refractivity contribution in [2.24, 2.45) is 0 Å². The molecule has 1 atom stereocenters. The second-order valence-corrected chi connectivity index (χ2v) is 6.89. The molecule has 6 nitrogen and oxygen atoms in total. The minimum atomic E-state index is 0.173. The summed E-state index contributed by atoms with van der Waals surface area (Å²) in [5, 5.41) is 3.38. The normalized spacial score (nSPS) is 19.9. The van der Waals surface area contributed by atoms with Crippen LogP contribution in [0.3, 0.4) is 0 Å². The summed E-state index contributed by atoms with van der Waals surface area (Å²) in [6.07, 6.45) is 4.77. The zero-order chi connectivity index (χ0) is 17.4. The van der Waals surface area contributed by atoms with Gasteiger partial charge in [0.2, 0.25) is 11.9 Å². The molecule has 25 heavy (non-hydrogen) atoms. The lowest BCUT2D eigenvalue weighted by molar-refractivity contribution is -0.119. The van der Waals surface area contributed by atoms with Crippen molar-refractivity contribution < 1.29 is 4.79 Å². The third-order valence-corrected chi connectivity index (χ3v) is 5.08. The maximum atomic E-state index is 12.0. The van der Waals surface area contributed by atoms with Crippen LogP contribution in [0.25, 0.3) is 0 Å². The van der Waals surface area contributed by atoms with Gasteiger partial charge in [0.25, 0.3) is 0 Å². The molecule has 0 bridgehead atoms. The summed E-state index contributed by atoms with van der Waals surface area (Å²) in [4.78, 5) is 25.0. The van der Waals surface area contributed by atoms with E-state index >= 15 is 0 Å². The molecule has 0 aliphatic carbocycles. The van der Waals surface area contributed by atoms with Gasteiger partial charge in [-0.1, -0.05) is 6.92 Å². The quantitative estimate of drug-likeness (QED) is 0.931. The van der Waals surface area contributed by atoms with Gasteiger partial charge in [-0.05, 0) is 48.6 Å². The Kier molecular flexibility index (Phi) is 4.03. The van der Waals surface area contributed by atoms with Gasteiger partial charge in [-0.3, -0.25) is 4.79 Å². The molecule has 1 saturated heterocycles. The summed E-state index contributed by atoms with van der Waals surface area (Å²) in [5.41, 5.74) is 3.18. The van der Waals surface area contributed by atoms with E-state index in [9.17, 15) is 4.79 Å². The topological polar surface area (TPSA) is 61.4 Å². The van der Waals surface area contributed by atoms with Crippen molar-refractivity contribution in [3.8, 4) is 0 Å². The van der Waals surface area contributed by atoms with E-state index in [0.29, 0.717) is 6.42 Å². The highest BCUT2D eigenvalue weighted by atomic mass is 16.2. The van der Waals surface area contributed by atoms with Gasteiger partial charge in [0.15, 0.2) is 0 Å². The molecule has 2 aromatic rings. The molecule has 1 N–H and O–H groups in total. The van der Waals surface area contributed by atoms with E-state index < -0.39 is 0 Å². The number of amides is 1. The van der Waals surface area contributed by atoms with Gasteiger partial charge < -0.3 is 15.1 Å². The number of hydrogen-bond acceptors (Lipinski definition) is 5. The second kappa shape index (κ2) is 6.35. The van der Waals surface area contributed by atoms with Crippen LogP contribution in [-0.2, 0) is 4.79 Å². The summed E-state index contributed by atoms with van der Waals surface area (Å²) >= 11 is 0. The molecule has 3 heterocycles. The lowest BCUT2D eigenvalue weighted by atomic mass is 9.91. The predicted molar refractivity (Wildman–Crippen MR) is 99.6 cm³/mol. The molecule has 2 aliphatic heterocycles. The molecular weight excluding hydrogens is 314 g/mol. The Balaban J connectivity index is 1.58. The fraction of sp³-hybridized carbons (Fsp3) is 0.421. The summed E-state index contributed by atoms with van der Waals surface area (Å²) < 4.78 is 0. The van der Waals surface area contributed by atoms with E-state index in [1.165, 1.54) is 18.4 Å². The number of nitrogens with zero attached hydrogens (tertiary/aromatic N) is 4.